The number of aromatic nitrogens is 6. The molecule has 0 radical (unpaired) electrons. The molecule has 1 amide bonds. The van der Waals surface area contributed by atoms with Crippen LogP contribution >= 0.6 is 15.9 Å². The first-order valence-corrected chi connectivity index (χ1v) is 9.01. The van der Waals surface area contributed by atoms with Gasteiger partial charge in [0.15, 0.2) is 12.4 Å². The first kappa shape index (κ1) is 18.0. The van der Waals surface area contributed by atoms with E-state index in [1.165, 1.54) is 27.7 Å². The molecule has 0 aliphatic carbocycles. The number of nitrogens with one attached hydrogen (secondary N) is 1. The van der Waals surface area contributed by atoms with Crippen molar-refractivity contribution in [3.8, 4) is 11.4 Å². The van der Waals surface area contributed by atoms with Crippen LogP contribution in [0.3, 0.4) is 0 Å². The summed E-state index contributed by atoms with van der Waals surface area (Å²) < 4.78 is 15.9. The van der Waals surface area contributed by atoms with Crippen molar-refractivity contribution in [1.29, 1.82) is 0 Å². The molecule has 28 heavy (non-hydrogen) atoms. The molecule has 0 atom stereocenters. The lowest BCUT2D eigenvalue weighted by Gasteiger charge is -2.05. The quantitative estimate of drug-likeness (QED) is 0.513. The number of amides is 1. The number of hydrogen-bond acceptors (Lipinski definition) is 5. The van der Waals surface area contributed by atoms with Crippen LogP contribution in [-0.4, -0.2) is 35.9 Å². The van der Waals surface area contributed by atoms with Crippen molar-refractivity contribution in [1.82, 2.24) is 30.0 Å². The Morgan fingerprint density at radius 1 is 1.11 bits per heavy atom. The summed E-state index contributed by atoms with van der Waals surface area (Å²) in [6.07, 6.45) is 1.61. The Balaban J connectivity index is 1.44. The maximum Gasteiger partial charge on any atom is 0.276 e. The fraction of sp³-hybridized carbons (Fsp3) is 0.0556. The van der Waals surface area contributed by atoms with E-state index in [0.717, 1.165) is 5.56 Å². The van der Waals surface area contributed by atoms with Crippen LogP contribution in [0, 0.1) is 5.82 Å². The molecule has 140 valence electrons. The molecule has 0 saturated carbocycles. The number of carbonyl (C=O) groups excluding carboxylic acids is 1. The van der Waals surface area contributed by atoms with Gasteiger partial charge in [-0.3, -0.25) is 4.79 Å². The van der Waals surface area contributed by atoms with E-state index in [1.54, 1.807) is 12.3 Å². The van der Waals surface area contributed by atoms with E-state index in [9.17, 15) is 9.18 Å². The van der Waals surface area contributed by atoms with Crippen LogP contribution in [0.4, 0.5) is 10.1 Å². The van der Waals surface area contributed by atoms with Crippen molar-refractivity contribution in [2.24, 2.45) is 0 Å². The zero-order chi connectivity index (χ0) is 19.5. The average molecular weight is 442 g/mol. The van der Waals surface area contributed by atoms with Crippen LogP contribution in [-0.2, 0) is 6.67 Å². The maximum absolute atomic E-state index is 13.9. The second-order valence-corrected chi connectivity index (χ2v) is 6.73. The third-order valence-corrected chi connectivity index (χ3v) is 4.30. The van der Waals surface area contributed by atoms with Gasteiger partial charge in [-0.25, -0.2) is 9.07 Å². The highest BCUT2D eigenvalue weighted by molar-refractivity contribution is 9.10. The van der Waals surface area contributed by atoms with E-state index in [0.29, 0.717) is 10.3 Å². The fourth-order valence-corrected chi connectivity index (χ4v) is 2.81. The summed E-state index contributed by atoms with van der Waals surface area (Å²) in [7, 11) is 0. The highest BCUT2D eigenvalue weighted by atomic mass is 79.9. The second-order valence-electron chi connectivity index (χ2n) is 5.81. The number of tetrazole rings is 1. The molecule has 2 aromatic heterocycles. The first-order valence-electron chi connectivity index (χ1n) is 8.21. The molecular formula is C18H13BrFN7O. The van der Waals surface area contributed by atoms with Crippen LogP contribution in [0.2, 0.25) is 0 Å². The van der Waals surface area contributed by atoms with E-state index < -0.39 is 11.7 Å². The molecule has 0 aliphatic heterocycles. The predicted molar refractivity (Wildman–Crippen MR) is 103 cm³/mol. The van der Waals surface area contributed by atoms with Crippen molar-refractivity contribution >= 4 is 27.5 Å². The van der Waals surface area contributed by atoms with E-state index in [-0.39, 0.29) is 18.1 Å². The summed E-state index contributed by atoms with van der Waals surface area (Å²) in [5, 5.41) is 19.0. The van der Waals surface area contributed by atoms with Crippen molar-refractivity contribution in [3.63, 3.8) is 0 Å². The summed E-state index contributed by atoms with van der Waals surface area (Å²) in [5.74, 6) is -0.560. The molecular weight excluding hydrogens is 429 g/mol. The molecule has 4 aromatic rings. The molecule has 10 heteroatoms. The van der Waals surface area contributed by atoms with Gasteiger partial charge >= 0.3 is 0 Å². The van der Waals surface area contributed by atoms with E-state index in [2.05, 4.69) is 41.8 Å². The first-order chi connectivity index (χ1) is 13.6. The number of anilines is 1. The lowest BCUT2D eigenvalue weighted by Crippen LogP contribution is -2.16. The number of nitrogens with zero attached hydrogens (tertiary/aromatic N) is 6. The van der Waals surface area contributed by atoms with E-state index in [4.69, 9.17) is 0 Å². The molecule has 2 aromatic carbocycles. The molecule has 0 fully saturated rings. The Morgan fingerprint density at radius 3 is 2.71 bits per heavy atom. The average Bonchev–Trinajstić information content (AvgIpc) is 3.35. The Labute approximate surface area is 167 Å². The van der Waals surface area contributed by atoms with Gasteiger partial charge in [-0.2, -0.15) is 5.10 Å². The minimum Gasteiger partial charge on any atom is -0.318 e. The van der Waals surface area contributed by atoms with Gasteiger partial charge in [0, 0.05) is 16.2 Å². The second kappa shape index (κ2) is 7.69. The van der Waals surface area contributed by atoms with E-state index in [1.807, 2.05) is 30.3 Å². The predicted octanol–water partition coefficient (Wildman–Crippen LogP) is 3.20. The minimum atomic E-state index is -0.539. The van der Waals surface area contributed by atoms with Gasteiger partial charge < -0.3 is 5.32 Å². The molecule has 2 heterocycles. The molecule has 0 spiro atoms. The van der Waals surface area contributed by atoms with Crippen molar-refractivity contribution in [3.05, 3.63) is 76.8 Å². The number of benzene rings is 2. The summed E-state index contributed by atoms with van der Waals surface area (Å²) >= 11 is 3.17. The van der Waals surface area contributed by atoms with E-state index >= 15 is 0 Å². The van der Waals surface area contributed by atoms with Gasteiger partial charge in [-0.05, 0) is 29.5 Å². The SMILES string of the molecule is O=C(Nc1ccc(Br)cc1F)c1ccn(Cn2nnc(-c3ccccc3)n2)n1. The maximum atomic E-state index is 13.9. The zero-order valence-corrected chi connectivity index (χ0v) is 15.9. The van der Waals surface area contributed by atoms with Crippen LogP contribution in [0.5, 0.6) is 0 Å². The fourth-order valence-electron chi connectivity index (χ4n) is 2.47. The van der Waals surface area contributed by atoms with Crippen molar-refractivity contribution in [2.45, 2.75) is 6.67 Å². The Bertz CT molecular complexity index is 1130. The monoisotopic (exact) mass is 441 g/mol. The highest BCUT2D eigenvalue weighted by Crippen LogP contribution is 2.19. The Kier molecular flexibility index (Phi) is 4.94. The summed E-state index contributed by atoms with van der Waals surface area (Å²) in [6.45, 7) is 0.180. The highest BCUT2D eigenvalue weighted by Gasteiger charge is 2.13. The van der Waals surface area contributed by atoms with Gasteiger partial charge in [-0.15, -0.1) is 15.0 Å². The third kappa shape index (κ3) is 3.96. The van der Waals surface area contributed by atoms with Crippen LogP contribution in [0.1, 0.15) is 10.5 Å². The molecule has 4 rings (SSSR count). The normalized spacial score (nSPS) is 10.8. The largest absolute Gasteiger partial charge is 0.318 e. The Hall–Kier alpha value is -3.40. The lowest BCUT2D eigenvalue weighted by atomic mass is 10.2. The van der Waals surface area contributed by atoms with Gasteiger partial charge in [0.1, 0.15) is 5.82 Å². The van der Waals surface area contributed by atoms with Gasteiger partial charge in [0.2, 0.25) is 5.82 Å². The summed E-state index contributed by atoms with van der Waals surface area (Å²) in [6, 6.07) is 15.4. The standard InChI is InChI=1S/C18H13BrFN7O/c19-13-6-7-15(14(20)10-13)21-18(28)16-8-9-26(23-16)11-27-24-17(22-25-27)12-4-2-1-3-5-12/h1-10H,11H2,(H,21,28). The molecule has 8 nitrogen and oxygen atoms in total. The molecule has 0 aliphatic rings. The molecule has 0 bridgehead atoms. The zero-order valence-electron chi connectivity index (χ0n) is 14.3. The van der Waals surface area contributed by atoms with Crippen LogP contribution in [0.15, 0.2) is 65.3 Å². The number of carbonyl (C=O) groups is 1. The third-order valence-electron chi connectivity index (χ3n) is 3.81. The van der Waals surface area contributed by atoms with Gasteiger partial charge in [-0.1, -0.05) is 46.3 Å². The van der Waals surface area contributed by atoms with Crippen LogP contribution < -0.4 is 5.32 Å². The molecule has 1 N–H and O–H groups in total. The van der Waals surface area contributed by atoms with Crippen LogP contribution in [0.25, 0.3) is 11.4 Å². The minimum absolute atomic E-state index is 0.0770. The lowest BCUT2D eigenvalue weighted by molar-refractivity contribution is 0.102. The topological polar surface area (TPSA) is 90.5 Å². The number of halogens is 2. The summed E-state index contributed by atoms with van der Waals surface area (Å²) in [5.41, 5.74) is 1.07. The number of hydrogen-bond donors (Lipinski definition) is 1. The smallest absolute Gasteiger partial charge is 0.276 e. The van der Waals surface area contributed by atoms with Crippen molar-refractivity contribution < 1.29 is 9.18 Å². The number of rotatable bonds is 5. The summed E-state index contributed by atoms with van der Waals surface area (Å²) in [4.78, 5) is 13.7. The van der Waals surface area contributed by atoms with Gasteiger partial charge in [0.25, 0.3) is 5.91 Å². The van der Waals surface area contributed by atoms with Gasteiger partial charge in [0.05, 0.1) is 5.69 Å². The van der Waals surface area contributed by atoms with Crippen molar-refractivity contribution in [2.75, 3.05) is 5.32 Å². The molecule has 0 saturated heterocycles. The Morgan fingerprint density at radius 2 is 1.93 bits per heavy atom. The molecule has 0 unspecified atom stereocenters.